The number of methoxy groups -OCH3 is 1. The molecule has 0 aliphatic carbocycles. The van der Waals surface area contributed by atoms with Crippen LogP contribution in [-0.2, 0) is 0 Å². The zero-order valence-electron chi connectivity index (χ0n) is 20.1. The molecule has 0 saturated carbocycles. The van der Waals surface area contributed by atoms with E-state index in [1.807, 2.05) is 93.6 Å². The zero-order chi connectivity index (χ0) is 24.5. The van der Waals surface area contributed by atoms with Gasteiger partial charge >= 0.3 is 6.03 Å². The maximum atomic E-state index is 13.4. The number of benzene rings is 3. The lowest BCUT2D eigenvalue weighted by Gasteiger charge is -2.35. The van der Waals surface area contributed by atoms with Gasteiger partial charge in [-0.25, -0.2) is 4.79 Å². The van der Waals surface area contributed by atoms with Gasteiger partial charge in [-0.05, 0) is 62.2 Å². The molecule has 5 rings (SSSR count). The number of urea groups is 1. The van der Waals surface area contributed by atoms with E-state index in [0.29, 0.717) is 11.7 Å². The number of carbonyl (C=O) groups is 1. The first-order chi connectivity index (χ1) is 16.9. The van der Waals surface area contributed by atoms with Crippen LogP contribution in [0, 0.1) is 13.8 Å². The van der Waals surface area contributed by atoms with Crippen molar-refractivity contribution in [2.75, 3.05) is 12.0 Å². The number of nitrogens with one attached hydrogen (secondary N) is 1. The van der Waals surface area contributed by atoms with Gasteiger partial charge in [-0.2, -0.15) is 4.98 Å². The summed E-state index contributed by atoms with van der Waals surface area (Å²) in [4.78, 5) is 19.7. The minimum Gasteiger partial charge on any atom is -0.497 e. The second kappa shape index (κ2) is 9.10. The van der Waals surface area contributed by atoms with Crippen LogP contribution < -0.4 is 15.0 Å². The lowest BCUT2D eigenvalue weighted by atomic mass is 9.94. The molecule has 0 radical (unpaired) electrons. The standard InChI is InChI=1S/C28H26N4O3/c1-17-7-5-9-21(15-17)26-30-27(35-31-26)24-19(3)32(22-10-6-8-18(2)16-22)28(33)29-25(24)20-11-13-23(34-4)14-12-20/h5-16,25H,1-4H3,(H,29,33). The van der Waals surface area contributed by atoms with Crippen LogP contribution in [0.3, 0.4) is 0 Å². The van der Waals surface area contributed by atoms with Crippen molar-refractivity contribution in [3.8, 4) is 17.1 Å². The SMILES string of the molecule is COc1ccc(C2NC(=O)N(c3cccc(C)c3)C(C)=C2c2nc(-c3cccc(C)c3)no2)cc1. The number of aryl methyl sites for hydroxylation is 2. The molecule has 1 aliphatic heterocycles. The molecule has 0 fully saturated rings. The number of allylic oxidation sites excluding steroid dienone is 1. The number of anilines is 1. The van der Waals surface area contributed by atoms with Gasteiger partial charge in [-0.15, -0.1) is 0 Å². The molecule has 3 aromatic carbocycles. The number of ether oxygens (including phenoxy) is 1. The molecule has 1 aromatic heterocycles. The quantitative estimate of drug-likeness (QED) is 0.386. The van der Waals surface area contributed by atoms with Gasteiger partial charge in [0.2, 0.25) is 5.82 Å². The number of carbonyl (C=O) groups excluding carboxylic acids is 1. The van der Waals surface area contributed by atoms with Crippen molar-refractivity contribution in [3.05, 3.63) is 101 Å². The Kier molecular flexibility index (Phi) is 5.82. The summed E-state index contributed by atoms with van der Waals surface area (Å²) in [7, 11) is 1.62. The molecule has 0 bridgehead atoms. The highest BCUT2D eigenvalue weighted by molar-refractivity contribution is 6.01. The molecule has 2 heterocycles. The number of aromatic nitrogens is 2. The van der Waals surface area contributed by atoms with Crippen molar-refractivity contribution in [1.29, 1.82) is 0 Å². The van der Waals surface area contributed by atoms with E-state index < -0.39 is 6.04 Å². The van der Waals surface area contributed by atoms with E-state index in [4.69, 9.17) is 14.2 Å². The first-order valence-electron chi connectivity index (χ1n) is 11.4. The normalized spacial score (nSPS) is 15.8. The van der Waals surface area contributed by atoms with Gasteiger partial charge in [0.25, 0.3) is 5.89 Å². The van der Waals surface area contributed by atoms with Crippen molar-refractivity contribution in [1.82, 2.24) is 15.5 Å². The summed E-state index contributed by atoms with van der Waals surface area (Å²) < 4.78 is 11.1. The number of amides is 2. The summed E-state index contributed by atoms with van der Waals surface area (Å²) in [6.45, 7) is 5.92. The van der Waals surface area contributed by atoms with Crippen molar-refractivity contribution < 1.29 is 14.1 Å². The van der Waals surface area contributed by atoms with Crippen molar-refractivity contribution >= 4 is 17.3 Å². The fourth-order valence-corrected chi connectivity index (χ4v) is 4.38. The summed E-state index contributed by atoms with van der Waals surface area (Å²) in [6, 6.07) is 22.7. The zero-order valence-corrected chi connectivity index (χ0v) is 20.1. The Morgan fingerprint density at radius 1 is 0.943 bits per heavy atom. The molecule has 176 valence electrons. The van der Waals surface area contributed by atoms with Gasteiger partial charge in [0.1, 0.15) is 5.75 Å². The second-order valence-corrected chi connectivity index (χ2v) is 8.62. The average molecular weight is 467 g/mol. The van der Waals surface area contributed by atoms with Crippen molar-refractivity contribution in [3.63, 3.8) is 0 Å². The Morgan fingerprint density at radius 2 is 1.66 bits per heavy atom. The third-order valence-corrected chi connectivity index (χ3v) is 6.13. The summed E-state index contributed by atoms with van der Waals surface area (Å²) in [6.07, 6.45) is 0. The maximum Gasteiger partial charge on any atom is 0.326 e. The number of hydrogen-bond donors (Lipinski definition) is 1. The molecule has 0 saturated heterocycles. The molecule has 35 heavy (non-hydrogen) atoms. The molecule has 1 N–H and O–H groups in total. The van der Waals surface area contributed by atoms with E-state index in [2.05, 4.69) is 10.5 Å². The molecule has 0 spiro atoms. The summed E-state index contributed by atoms with van der Waals surface area (Å²) >= 11 is 0. The first kappa shape index (κ1) is 22.4. The third-order valence-electron chi connectivity index (χ3n) is 6.13. The first-order valence-corrected chi connectivity index (χ1v) is 11.4. The molecule has 1 aliphatic rings. The summed E-state index contributed by atoms with van der Waals surface area (Å²) in [5.41, 5.74) is 6.14. The van der Waals surface area contributed by atoms with Gasteiger partial charge in [0, 0.05) is 11.3 Å². The van der Waals surface area contributed by atoms with Crippen LogP contribution in [0.1, 0.15) is 35.5 Å². The van der Waals surface area contributed by atoms with E-state index in [1.165, 1.54) is 0 Å². The molecule has 2 amide bonds. The van der Waals surface area contributed by atoms with Gasteiger partial charge in [0.15, 0.2) is 0 Å². The Balaban J connectivity index is 1.65. The topological polar surface area (TPSA) is 80.5 Å². The van der Waals surface area contributed by atoms with E-state index in [1.54, 1.807) is 12.0 Å². The lowest BCUT2D eigenvalue weighted by Crippen LogP contribution is -2.46. The van der Waals surface area contributed by atoms with Crippen LogP contribution in [0.5, 0.6) is 5.75 Å². The fraction of sp³-hybridized carbons (Fsp3) is 0.179. The largest absolute Gasteiger partial charge is 0.497 e. The predicted octanol–water partition coefficient (Wildman–Crippen LogP) is 6.06. The van der Waals surface area contributed by atoms with Crippen LogP contribution in [-0.4, -0.2) is 23.3 Å². The van der Waals surface area contributed by atoms with Crippen molar-refractivity contribution in [2.24, 2.45) is 0 Å². The highest BCUT2D eigenvalue weighted by Crippen LogP contribution is 2.39. The lowest BCUT2D eigenvalue weighted by molar-refractivity contribution is 0.244. The monoisotopic (exact) mass is 466 g/mol. The molecule has 1 unspecified atom stereocenters. The van der Waals surface area contributed by atoms with Crippen LogP contribution in [0.4, 0.5) is 10.5 Å². The maximum absolute atomic E-state index is 13.4. The molecule has 7 heteroatoms. The molecule has 1 atom stereocenters. The Labute approximate surface area is 204 Å². The second-order valence-electron chi connectivity index (χ2n) is 8.62. The number of hydrogen-bond acceptors (Lipinski definition) is 5. The van der Waals surface area contributed by atoms with Gasteiger partial charge < -0.3 is 14.6 Å². The Hall–Kier alpha value is -4.39. The minimum absolute atomic E-state index is 0.226. The molecular formula is C28H26N4O3. The van der Waals surface area contributed by atoms with E-state index in [0.717, 1.165) is 45.0 Å². The van der Waals surface area contributed by atoms with E-state index >= 15 is 0 Å². The van der Waals surface area contributed by atoms with Gasteiger partial charge in [-0.3, -0.25) is 4.90 Å². The van der Waals surface area contributed by atoms with Crippen LogP contribution in [0.25, 0.3) is 17.0 Å². The van der Waals surface area contributed by atoms with Gasteiger partial charge in [-0.1, -0.05) is 53.2 Å². The molecule has 4 aromatic rings. The summed E-state index contributed by atoms with van der Waals surface area (Å²) in [5.74, 6) is 1.59. The predicted molar refractivity (Wildman–Crippen MR) is 135 cm³/mol. The number of nitrogens with zero attached hydrogens (tertiary/aromatic N) is 3. The minimum atomic E-state index is -0.472. The Morgan fingerprint density at radius 3 is 2.34 bits per heavy atom. The number of rotatable bonds is 5. The highest BCUT2D eigenvalue weighted by Gasteiger charge is 2.36. The van der Waals surface area contributed by atoms with E-state index in [-0.39, 0.29) is 6.03 Å². The molecule has 7 nitrogen and oxygen atoms in total. The Bertz CT molecular complexity index is 1420. The van der Waals surface area contributed by atoms with Crippen LogP contribution in [0.15, 0.2) is 83.0 Å². The van der Waals surface area contributed by atoms with Crippen molar-refractivity contribution in [2.45, 2.75) is 26.8 Å². The van der Waals surface area contributed by atoms with Crippen LogP contribution in [0.2, 0.25) is 0 Å². The van der Waals surface area contributed by atoms with E-state index in [9.17, 15) is 4.79 Å². The third kappa shape index (κ3) is 4.28. The van der Waals surface area contributed by atoms with Crippen LogP contribution >= 0.6 is 0 Å². The summed E-state index contributed by atoms with van der Waals surface area (Å²) in [5, 5.41) is 7.39. The average Bonchev–Trinajstić information content (AvgIpc) is 3.34. The fourth-order valence-electron chi connectivity index (χ4n) is 4.38. The van der Waals surface area contributed by atoms with Gasteiger partial charge in [0.05, 0.1) is 24.4 Å². The smallest absolute Gasteiger partial charge is 0.326 e. The molecular weight excluding hydrogens is 440 g/mol. The highest BCUT2D eigenvalue weighted by atomic mass is 16.5.